The van der Waals surface area contributed by atoms with Gasteiger partial charge in [-0.3, -0.25) is 0 Å². The first-order valence-corrected chi connectivity index (χ1v) is 7.65. The zero-order chi connectivity index (χ0) is 13.8. The van der Waals surface area contributed by atoms with Crippen LogP contribution in [0.4, 0.5) is 0 Å². The molecule has 0 radical (unpaired) electrons. The second kappa shape index (κ2) is 5.84. The molecule has 0 bridgehead atoms. The van der Waals surface area contributed by atoms with Crippen molar-refractivity contribution in [3.05, 3.63) is 60.1 Å². The molecule has 1 saturated carbocycles. The van der Waals surface area contributed by atoms with Crippen LogP contribution in [0.2, 0.25) is 0 Å². The maximum absolute atomic E-state index is 5.64. The van der Waals surface area contributed by atoms with Gasteiger partial charge in [-0.05, 0) is 42.4 Å². The van der Waals surface area contributed by atoms with Gasteiger partial charge in [0.05, 0.1) is 12.3 Å². The second-order valence-corrected chi connectivity index (χ2v) is 5.95. The average Bonchev–Trinajstić information content (AvgIpc) is 2.97. The summed E-state index contributed by atoms with van der Waals surface area (Å²) in [7, 11) is 0. The van der Waals surface area contributed by atoms with E-state index in [0.717, 1.165) is 12.3 Å². The lowest BCUT2D eigenvalue weighted by Crippen LogP contribution is -2.40. The quantitative estimate of drug-likeness (QED) is 0.833. The Balaban J connectivity index is 1.77. The number of hydrogen-bond acceptors (Lipinski definition) is 2. The van der Waals surface area contributed by atoms with Crippen molar-refractivity contribution in [1.29, 1.82) is 0 Å². The Morgan fingerprint density at radius 1 is 1.15 bits per heavy atom. The SMILES string of the molecule is CCC1(CNC(c2ccccc2)c2ccco2)CCC1. The molecular formula is C18H23NO. The van der Waals surface area contributed by atoms with E-state index in [0.29, 0.717) is 5.41 Å². The van der Waals surface area contributed by atoms with Crippen molar-refractivity contribution in [1.82, 2.24) is 5.32 Å². The Kier molecular flexibility index (Phi) is 3.93. The number of benzene rings is 1. The fourth-order valence-electron chi connectivity index (χ4n) is 3.13. The summed E-state index contributed by atoms with van der Waals surface area (Å²) in [5.74, 6) is 1.00. The van der Waals surface area contributed by atoms with Gasteiger partial charge in [-0.15, -0.1) is 0 Å². The lowest BCUT2D eigenvalue weighted by atomic mass is 9.67. The molecule has 0 spiro atoms. The van der Waals surface area contributed by atoms with E-state index < -0.39 is 0 Å². The Bertz CT molecular complexity index is 508. The molecule has 1 atom stereocenters. The van der Waals surface area contributed by atoms with Crippen molar-refractivity contribution in [2.75, 3.05) is 6.54 Å². The fraction of sp³-hybridized carbons (Fsp3) is 0.444. The molecule has 0 aliphatic heterocycles. The van der Waals surface area contributed by atoms with Gasteiger partial charge in [-0.1, -0.05) is 43.7 Å². The van der Waals surface area contributed by atoms with Crippen molar-refractivity contribution in [2.45, 2.75) is 38.6 Å². The standard InChI is InChI=1S/C18H23NO/c1-2-18(11-7-12-18)14-19-17(16-10-6-13-20-16)15-8-4-3-5-9-15/h3-6,8-10,13,17,19H,2,7,11-12,14H2,1H3. The zero-order valence-corrected chi connectivity index (χ0v) is 12.1. The van der Waals surface area contributed by atoms with Crippen LogP contribution in [0.15, 0.2) is 53.1 Å². The smallest absolute Gasteiger partial charge is 0.125 e. The first-order chi connectivity index (χ1) is 9.83. The summed E-state index contributed by atoms with van der Waals surface area (Å²) in [6.07, 6.45) is 7.12. The van der Waals surface area contributed by atoms with Gasteiger partial charge in [0.1, 0.15) is 5.76 Å². The molecule has 2 aromatic rings. The van der Waals surface area contributed by atoms with Crippen LogP contribution in [0, 0.1) is 5.41 Å². The minimum absolute atomic E-state index is 0.162. The van der Waals surface area contributed by atoms with Crippen LogP contribution in [0.1, 0.15) is 50.0 Å². The molecule has 1 aliphatic rings. The molecule has 0 saturated heterocycles. The highest BCUT2D eigenvalue weighted by Gasteiger charge is 2.35. The lowest BCUT2D eigenvalue weighted by molar-refractivity contribution is 0.120. The summed E-state index contributed by atoms with van der Waals surface area (Å²) in [4.78, 5) is 0. The van der Waals surface area contributed by atoms with E-state index in [1.165, 1.54) is 31.2 Å². The normalized spacial score (nSPS) is 18.4. The number of hydrogen-bond donors (Lipinski definition) is 1. The van der Waals surface area contributed by atoms with Gasteiger partial charge in [0.2, 0.25) is 0 Å². The summed E-state index contributed by atoms with van der Waals surface area (Å²) in [6.45, 7) is 3.38. The van der Waals surface area contributed by atoms with Crippen LogP contribution in [-0.4, -0.2) is 6.54 Å². The Labute approximate surface area is 121 Å². The maximum atomic E-state index is 5.64. The molecule has 0 amide bonds. The van der Waals surface area contributed by atoms with E-state index in [1.54, 1.807) is 6.26 Å². The maximum Gasteiger partial charge on any atom is 0.125 e. The van der Waals surface area contributed by atoms with Crippen molar-refractivity contribution < 1.29 is 4.42 Å². The first kappa shape index (κ1) is 13.4. The molecule has 3 rings (SSSR count). The molecule has 2 nitrogen and oxygen atoms in total. The molecule has 2 heteroatoms. The monoisotopic (exact) mass is 269 g/mol. The molecule has 1 aliphatic carbocycles. The lowest BCUT2D eigenvalue weighted by Gasteiger charge is -2.42. The van der Waals surface area contributed by atoms with E-state index in [9.17, 15) is 0 Å². The largest absolute Gasteiger partial charge is 0.467 e. The molecular weight excluding hydrogens is 246 g/mol. The highest BCUT2D eigenvalue weighted by molar-refractivity contribution is 5.26. The van der Waals surface area contributed by atoms with E-state index in [1.807, 2.05) is 6.07 Å². The fourth-order valence-corrected chi connectivity index (χ4v) is 3.13. The van der Waals surface area contributed by atoms with Crippen molar-refractivity contribution >= 4 is 0 Å². The minimum Gasteiger partial charge on any atom is -0.467 e. The zero-order valence-electron chi connectivity index (χ0n) is 12.1. The molecule has 1 aromatic heterocycles. The number of rotatable bonds is 6. The van der Waals surface area contributed by atoms with E-state index >= 15 is 0 Å². The molecule has 106 valence electrons. The van der Waals surface area contributed by atoms with Gasteiger partial charge in [0, 0.05) is 6.54 Å². The van der Waals surface area contributed by atoms with Gasteiger partial charge < -0.3 is 9.73 Å². The first-order valence-electron chi connectivity index (χ1n) is 7.65. The van der Waals surface area contributed by atoms with Crippen molar-refractivity contribution in [2.24, 2.45) is 5.41 Å². The van der Waals surface area contributed by atoms with Crippen LogP contribution >= 0.6 is 0 Å². The summed E-state index contributed by atoms with van der Waals surface area (Å²) < 4.78 is 5.64. The van der Waals surface area contributed by atoms with Crippen LogP contribution in [0.25, 0.3) is 0 Å². The van der Waals surface area contributed by atoms with Crippen LogP contribution in [-0.2, 0) is 0 Å². The third-order valence-corrected chi connectivity index (χ3v) is 4.81. The average molecular weight is 269 g/mol. The highest BCUT2D eigenvalue weighted by atomic mass is 16.3. The molecule has 1 fully saturated rings. The Morgan fingerprint density at radius 3 is 2.50 bits per heavy atom. The van der Waals surface area contributed by atoms with E-state index in [-0.39, 0.29) is 6.04 Å². The molecule has 1 aromatic carbocycles. The summed E-state index contributed by atoms with van der Waals surface area (Å²) in [5.41, 5.74) is 1.78. The third-order valence-electron chi connectivity index (χ3n) is 4.81. The van der Waals surface area contributed by atoms with Gasteiger partial charge >= 0.3 is 0 Å². The summed E-state index contributed by atoms with van der Waals surface area (Å²) >= 11 is 0. The molecule has 1 heterocycles. The topological polar surface area (TPSA) is 25.2 Å². The predicted octanol–water partition coefficient (Wildman–Crippen LogP) is 4.54. The Hall–Kier alpha value is -1.54. The van der Waals surface area contributed by atoms with E-state index in [2.05, 4.69) is 48.6 Å². The highest BCUT2D eigenvalue weighted by Crippen LogP contribution is 2.43. The van der Waals surface area contributed by atoms with Crippen molar-refractivity contribution in [3.8, 4) is 0 Å². The van der Waals surface area contributed by atoms with E-state index in [4.69, 9.17) is 4.42 Å². The minimum atomic E-state index is 0.162. The molecule has 20 heavy (non-hydrogen) atoms. The summed E-state index contributed by atoms with van der Waals surface area (Å²) in [6, 6.07) is 14.8. The van der Waals surface area contributed by atoms with Gasteiger partial charge in [0.25, 0.3) is 0 Å². The van der Waals surface area contributed by atoms with Crippen molar-refractivity contribution in [3.63, 3.8) is 0 Å². The van der Waals surface area contributed by atoms with Crippen LogP contribution in [0.3, 0.4) is 0 Å². The Morgan fingerprint density at radius 2 is 1.95 bits per heavy atom. The number of furan rings is 1. The van der Waals surface area contributed by atoms with Gasteiger partial charge in [-0.2, -0.15) is 0 Å². The van der Waals surface area contributed by atoms with Gasteiger partial charge in [0.15, 0.2) is 0 Å². The molecule has 1 unspecified atom stereocenters. The van der Waals surface area contributed by atoms with Crippen LogP contribution < -0.4 is 5.32 Å². The number of nitrogens with one attached hydrogen (secondary N) is 1. The molecule has 1 N–H and O–H groups in total. The second-order valence-electron chi connectivity index (χ2n) is 5.95. The van der Waals surface area contributed by atoms with Crippen LogP contribution in [0.5, 0.6) is 0 Å². The van der Waals surface area contributed by atoms with Gasteiger partial charge in [-0.25, -0.2) is 0 Å². The predicted molar refractivity (Wildman–Crippen MR) is 81.6 cm³/mol. The summed E-state index contributed by atoms with van der Waals surface area (Å²) in [5, 5.41) is 3.74. The third kappa shape index (κ3) is 2.66.